The fourth-order valence-corrected chi connectivity index (χ4v) is 11.0. The summed E-state index contributed by atoms with van der Waals surface area (Å²) in [6.07, 6.45) is -14.9. The van der Waals surface area contributed by atoms with Gasteiger partial charge < -0.3 is 115 Å². The van der Waals surface area contributed by atoms with Gasteiger partial charge in [0.15, 0.2) is 70.4 Å². The van der Waals surface area contributed by atoms with Crippen molar-refractivity contribution < 1.29 is 144 Å². The van der Waals surface area contributed by atoms with Crippen LogP contribution in [0.2, 0.25) is 0 Å². The number of carbonyl (C=O) groups is 6. The summed E-state index contributed by atoms with van der Waals surface area (Å²) in [5.74, 6) is -40.6. The van der Waals surface area contributed by atoms with Gasteiger partial charge in [0, 0.05) is 52.8 Å². The number of ether oxygens (including phenoxy) is 7. The van der Waals surface area contributed by atoms with E-state index in [1.807, 2.05) is 0 Å². The van der Waals surface area contributed by atoms with E-state index in [9.17, 15) is 91.3 Å². The lowest BCUT2D eigenvalue weighted by Gasteiger charge is -2.49. The van der Waals surface area contributed by atoms with Gasteiger partial charge in [0.25, 0.3) is 11.6 Å². The van der Waals surface area contributed by atoms with Crippen molar-refractivity contribution in [1.82, 2.24) is 0 Å². The first kappa shape index (κ1) is 52.0. The highest BCUT2D eigenvalue weighted by molar-refractivity contribution is 6.14. The molecule has 9 atom stereocenters. The number of aliphatic hydroxyl groups excluding tert-OH is 1. The van der Waals surface area contributed by atoms with E-state index in [0.29, 0.717) is 24.3 Å². The average Bonchev–Trinajstić information content (AvgIpc) is 3.52. The fraction of sp³-hybridized carbons (Fsp3) is 0.255. The largest absolute Gasteiger partial charge is 0.507 e. The SMILES string of the molecule is CC(=O)OC1COC(=O)c2cc(O)c(O)c(O)c2-c2c(cc(O)c(O)c2O)C(=O)OC1C1OC(=O)c2cc(O)c(O)c3c2C2C4=C(C(=O)C(O)(O)C2(O)O3)C(c2c(O)cc(O)c3c2OC(c2ccc(O)c(O)c2)C(O)C3)C1OC4=O. The number of hydrogen-bond donors (Lipinski definition) is 16. The lowest BCUT2D eigenvalue weighted by Crippen LogP contribution is -2.69. The summed E-state index contributed by atoms with van der Waals surface area (Å²) >= 11 is 0. The van der Waals surface area contributed by atoms with Gasteiger partial charge in [-0.1, -0.05) is 6.07 Å². The van der Waals surface area contributed by atoms with E-state index in [0.717, 1.165) is 25.1 Å². The Morgan fingerprint density at radius 2 is 1.14 bits per heavy atom. The Bertz CT molecular complexity index is 3730. The summed E-state index contributed by atoms with van der Waals surface area (Å²) < 4.78 is 40.6. The van der Waals surface area contributed by atoms with E-state index in [2.05, 4.69) is 0 Å². The van der Waals surface area contributed by atoms with Crippen LogP contribution in [0.15, 0.2) is 53.6 Å². The minimum Gasteiger partial charge on any atom is -0.507 e. The van der Waals surface area contributed by atoms with Crippen molar-refractivity contribution >= 4 is 35.6 Å². The van der Waals surface area contributed by atoms with Gasteiger partial charge in [0.2, 0.25) is 23.0 Å². The molecule has 0 radical (unpaired) electrons. The van der Waals surface area contributed by atoms with Crippen LogP contribution in [0.4, 0.5) is 0 Å². The molecular formula is C51H38O29. The van der Waals surface area contributed by atoms with Gasteiger partial charge in [-0.15, -0.1) is 0 Å². The van der Waals surface area contributed by atoms with Crippen LogP contribution in [0.25, 0.3) is 11.1 Å². The molecule has 5 aromatic rings. The number of fused-ring (bicyclic) bond motifs is 5. The van der Waals surface area contributed by atoms with E-state index >= 15 is 19.2 Å². The molecule has 0 saturated carbocycles. The van der Waals surface area contributed by atoms with Crippen molar-refractivity contribution in [2.45, 2.75) is 73.4 Å². The molecule has 9 unspecified atom stereocenters. The second kappa shape index (κ2) is 17.5. The zero-order valence-corrected chi connectivity index (χ0v) is 40.0. The van der Waals surface area contributed by atoms with Gasteiger partial charge in [-0.3, -0.25) is 9.59 Å². The Balaban J connectivity index is 1.23. The van der Waals surface area contributed by atoms with Crippen molar-refractivity contribution in [3.05, 3.63) is 92.6 Å². The molecule has 11 rings (SSSR count). The predicted molar refractivity (Wildman–Crippen MR) is 249 cm³/mol. The first-order valence-corrected chi connectivity index (χ1v) is 23.3. The lowest BCUT2D eigenvalue weighted by molar-refractivity contribution is -0.324. The standard InChI is InChI=1S/C51H38O29/c1-11(52)75-25-10-74-46(67)14-6-21(57)34(61)37(64)26(14)27-15(7-22(58)35(62)38(27)65)47(68)77-41(25)44-43-30(29-20(56)9-18(54)13-5-24(60)39(76-40(13)29)12-2-3-17(53)19(55)4-12)31-32(49(70)78-43)33-28-16(48(69)79-44)8-23(59)36(63)42(28)80-51(33,73)50(71,72)45(31)66/h2-4,6-9,24-25,30,33,39,41,43-44,53-65,71-73H,5,10H2,1H3. The third-order valence-corrected chi connectivity index (χ3v) is 14.6. The van der Waals surface area contributed by atoms with Crippen LogP contribution >= 0.6 is 0 Å². The van der Waals surface area contributed by atoms with Crippen LogP contribution < -0.4 is 9.47 Å². The van der Waals surface area contributed by atoms with Crippen molar-refractivity contribution in [2.24, 2.45) is 0 Å². The molecule has 29 nitrogen and oxygen atoms in total. The summed E-state index contributed by atoms with van der Waals surface area (Å²) in [5.41, 5.74) is -10.4. The second-order valence-electron chi connectivity index (χ2n) is 19.2. The minimum atomic E-state index is -4.36. The number of carbonyl (C=O) groups excluding carboxylic acids is 6. The molecule has 5 aliphatic heterocycles. The molecule has 4 bridgehead atoms. The maximum atomic E-state index is 15.2. The number of aromatic hydroxyl groups is 12. The van der Waals surface area contributed by atoms with Crippen molar-refractivity contribution in [1.29, 1.82) is 0 Å². The normalized spacial score (nSPS) is 26.2. The summed E-state index contributed by atoms with van der Waals surface area (Å²) in [6.45, 7) is -0.697. The molecule has 5 aromatic carbocycles. The van der Waals surface area contributed by atoms with Crippen LogP contribution in [0.5, 0.6) is 80.5 Å². The minimum absolute atomic E-state index is 0.117. The highest BCUT2D eigenvalue weighted by Crippen LogP contribution is 2.65. The Hall–Kier alpha value is -10.1. The summed E-state index contributed by atoms with van der Waals surface area (Å²) in [4.78, 5) is 87.9. The van der Waals surface area contributed by atoms with E-state index in [4.69, 9.17) is 33.2 Å². The average molecular weight is 1110 g/mol. The van der Waals surface area contributed by atoms with Gasteiger partial charge in [-0.25, -0.2) is 19.2 Å². The molecule has 1 aliphatic carbocycles. The number of cyclic esters (lactones) is 3. The molecule has 416 valence electrons. The second-order valence-corrected chi connectivity index (χ2v) is 19.2. The highest BCUT2D eigenvalue weighted by atomic mass is 16.7. The molecule has 29 heteroatoms. The fourth-order valence-electron chi connectivity index (χ4n) is 11.0. The quantitative estimate of drug-likeness (QED) is 0.0493. The predicted octanol–water partition coefficient (Wildman–Crippen LogP) is 0.159. The first-order chi connectivity index (χ1) is 37.6. The molecule has 0 spiro atoms. The van der Waals surface area contributed by atoms with Crippen LogP contribution in [-0.2, 0) is 44.5 Å². The van der Waals surface area contributed by atoms with Gasteiger partial charge >= 0.3 is 29.8 Å². The van der Waals surface area contributed by atoms with Gasteiger partial charge in [-0.2, -0.15) is 0 Å². The van der Waals surface area contributed by atoms with Crippen molar-refractivity contribution in [2.75, 3.05) is 6.61 Å². The Morgan fingerprint density at radius 1 is 0.562 bits per heavy atom. The van der Waals surface area contributed by atoms with Gasteiger partial charge in [0.05, 0.1) is 40.2 Å². The number of rotatable bonds is 4. The number of ketones is 1. The third kappa shape index (κ3) is 7.17. The Labute approximate surface area is 442 Å². The van der Waals surface area contributed by atoms with Crippen molar-refractivity contribution in [3.63, 3.8) is 0 Å². The molecule has 80 heavy (non-hydrogen) atoms. The van der Waals surface area contributed by atoms with E-state index < -0.39 is 245 Å². The molecule has 0 amide bonds. The first-order valence-electron chi connectivity index (χ1n) is 23.3. The molecule has 5 heterocycles. The molecule has 0 saturated heterocycles. The third-order valence-electron chi connectivity index (χ3n) is 14.6. The van der Waals surface area contributed by atoms with Gasteiger partial charge in [-0.05, 0) is 35.9 Å². The van der Waals surface area contributed by atoms with E-state index in [1.54, 1.807) is 0 Å². The monoisotopic (exact) mass is 1110 g/mol. The number of hydrogen-bond acceptors (Lipinski definition) is 29. The van der Waals surface area contributed by atoms with Crippen LogP contribution in [0.1, 0.15) is 78.2 Å². The van der Waals surface area contributed by atoms with Crippen LogP contribution in [0, 0.1) is 0 Å². The smallest absolute Gasteiger partial charge is 0.339 e. The van der Waals surface area contributed by atoms with Crippen molar-refractivity contribution in [3.8, 4) is 91.6 Å². The number of aliphatic hydroxyl groups is 4. The van der Waals surface area contributed by atoms with Crippen LogP contribution in [-0.4, -0.2) is 166 Å². The molecule has 0 aromatic heterocycles. The zero-order chi connectivity index (χ0) is 57.8. The maximum Gasteiger partial charge on any atom is 0.339 e. The van der Waals surface area contributed by atoms with Gasteiger partial charge in [0.1, 0.15) is 30.0 Å². The maximum absolute atomic E-state index is 15.2. The Kier molecular flexibility index (Phi) is 11.3. The summed E-state index contributed by atoms with van der Waals surface area (Å²) in [7, 11) is 0. The molecular weight excluding hydrogens is 1080 g/mol. The van der Waals surface area contributed by atoms with E-state index in [-0.39, 0.29) is 5.56 Å². The summed E-state index contributed by atoms with van der Waals surface area (Å²) in [5, 5.41) is 179. The number of esters is 5. The number of Topliss-reactive ketones (excluding diaryl/α,β-unsaturated/α-hetero) is 1. The Morgan fingerprint density at radius 3 is 1.76 bits per heavy atom. The molecule has 6 aliphatic rings. The number of phenols is 12. The lowest BCUT2D eigenvalue weighted by atomic mass is 9.64. The number of benzene rings is 5. The van der Waals surface area contributed by atoms with E-state index in [1.165, 1.54) is 0 Å². The molecule has 0 fully saturated rings. The van der Waals surface area contributed by atoms with Crippen LogP contribution in [0.3, 0.4) is 0 Å². The molecule has 16 N–H and O–H groups in total. The highest BCUT2D eigenvalue weighted by Gasteiger charge is 2.74. The zero-order valence-electron chi connectivity index (χ0n) is 40.0. The summed E-state index contributed by atoms with van der Waals surface area (Å²) in [6, 6.07) is 4.92. The topological polar surface area (TPSA) is 491 Å². The number of phenolic OH excluding ortho intramolecular Hbond substituents is 12.